The summed E-state index contributed by atoms with van der Waals surface area (Å²) in [6, 6.07) is 5.22. The molecule has 2 saturated carbocycles. The van der Waals surface area contributed by atoms with Crippen molar-refractivity contribution in [2.75, 3.05) is 13.7 Å². The second-order valence-corrected chi connectivity index (χ2v) is 18.2. The number of methoxy groups -OCH3 is 1. The number of nitrogens with one attached hydrogen (secondary N) is 3. The van der Waals surface area contributed by atoms with Gasteiger partial charge in [-0.1, -0.05) is 45.0 Å². The smallest absolute Gasteiger partial charge is 0.408 e. The molecule has 7 atom stereocenters. The summed E-state index contributed by atoms with van der Waals surface area (Å²) in [6.07, 6.45) is 5.33. The lowest BCUT2D eigenvalue weighted by molar-refractivity contribution is -0.142. The molecule has 1 saturated heterocycles. The van der Waals surface area contributed by atoms with Crippen molar-refractivity contribution in [3.8, 4) is 11.6 Å². The molecule has 1 aromatic carbocycles. The number of ether oxygens (including phenoxy) is 3. The maximum atomic E-state index is 14.8. The van der Waals surface area contributed by atoms with Crippen molar-refractivity contribution in [1.82, 2.24) is 25.2 Å². The predicted molar refractivity (Wildman–Crippen MR) is 203 cm³/mol. The third-order valence-electron chi connectivity index (χ3n) is 10.5. The summed E-state index contributed by atoms with van der Waals surface area (Å²) in [5.41, 5.74) is -2.29. The molecule has 0 spiro atoms. The molecule has 2 unspecified atom stereocenters. The molecule has 3 aliphatic rings. The van der Waals surface area contributed by atoms with E-state index in [2.05, 4.69) is 33.8 Å². The molecular weight excluding hydrogens is 715 g/mol. The van der Waals surface area contributed by atoms with E-state index in [-0.39, 0.29) is 43.0 Å². The number of fused-ring (bicyclic) bond motifs is 1. The van der Waals surface area contributed by atoms with Gasteiger partial charge in [-0.25, -0.2) is 18.2 Å². The van der Waals surface area contributed by atoms with Gasteiger partial charge in [0.1, 0.15) is 35.1 Å². The van der Waals surface area contributed by atoms with Crippen LogP contribution in [0.3, 0.4) is 0 Å². The Labute approximate surface area is 318 Å². The number of sulfonamides is 1. The monoisotopic (exact) mass is 769 g/mol. The number of alkyl carbamates (subject to hydrolysis) is 1. The Hall–Kier alpha value is -4.40. The van der Waals surface area contributed by atoms with E-state index in [4.69, 9.17) is 14.2 Å². The Morgan fingerprint density at radius 2 is 1.80 bits per heavy atom. The van der Waals surface area contributed by atoms with Crippen LogP contribution >= 0.6 is 0 Å². The van der Waals surface area contributed by atoms with Crippen molar-refractivity contribution < 1.29 is 41.8 Å². The van der Waals surface area contributed by atoms with Crippen LogP contribution in [0.4, 0.5) is 4.79 Å². The summed E-state index contributed by atoms with van der Waals surface area (Å²) in [5, 5.41) is 6.45. The first-order valence-electron chi connectivity index (χ1n) is 18.8. The number of carbonyl (C=O) groups excluding carboxylic acids is 4. The van der Waals surface area contributed by atoms with Crippen molar-refractivity contribution in [2.24, 2.45) is 17.8 Å². The van der Waals surface area contributed by atoms with Gasteiger partial charge < -0.3 is 29.7 Å². The summed E-state index contributed by atoms with van der Waals surface area (Å²) in [4.78, 5) is 61.6. The molecule has 2 heterocycles. The highest BCUT2D eigenvalue weighted by Gasteiger charge is 2.61. The van der Waals surface area contributed by atoms with Gasteiger partial charge in [0.05, 0.1) is 25.1 Å². The molecule has 1 aromatic heterocycles. The summed E-state index contributed by atoms with van der Waals surface area (Å²) in [7, 11) is -2.32. The van der Waals surface area contributed by atoms with Crippen LogP contribution < -0.4 is 24.8 Å². The molecule has 1 aliphatic heterocycles. The lowest BCUT2D eigenvalue weighted by atomic mass is 9.88. The largest absolute Gasteiger partial charge is 0.494 e. The summed E-state index contributed by atoms with van der Waals surface area (Å²) < 4.78 is 45.0. The number of nitrogens with zero attached hydrogens (tertiary/aromatic N) is 2. The first kappa shape index (κ1) is 40.8. The van der Waals surface area contributed by atoms with Gasteiger partial charge in [0.25, 0.3) is 5.91 Å². The molecule has 4 amide bonds. The number of allylic oxidation sites excluding steroid dienone is 1. The molecule has 296 valence electrons. The third kappa shape index (κ3) is 9.45. The van der Waals surface area contributed by atoms with Crippen LogP contribution in [0.15, 0.2) is 43.1 Å². The van der Waals surface area contributed by atoms with Gasteiger partial charge in [0.2, 0.25) is 27.7 Å². The predicted octanol–water partition coefficient (Wildman–Crippen LogP) is 4.62. The summed E-state index contributed by atoms with van der Waals surface area (Å²) in [5.74, 6) is -1.62. The van der Waals surface area contributed by atoms with Gasteiger partial charge in [0, 0.05) is 17.2 Å². The Kier molecular flexibility index (Phi) is 12.2. The maximum Gasteiger partial charge on any atom is 0.408 e. The average Bonchev–Trinajstić information content (AvgIpc) is 4.02. The second-order valence-electron chi connectivity index (χ2n) is 16.2. The van der Waals surface area contributed by atoms with Crippen LogP contribution in [-0.4, -0.2) is 90.3 Å². The van der Waals surface area contributed by atoms with Crippen LogP contribution in [0.1, 0.15) is 86.5 Å². The molecule has 0 bridgehead atoms. The summed E-state index contributed by atoms with van der Waals surface area (Å²) >= 11 is 0. The van der Waals surface area contributed by atoms with E-state index < -0.39 is 68.4 Å². The Morgan fingerprint density at radius 1 is 1.13 bits per heavy atom. The third-order valence-corrected chi connectivity index (χ3v) is 12.3. The Balaban J connectivity index is 1.45. The molecule has 3 fully saturated rings. The maximum absolute atomic E-state index is 14.8. The van der Waals surface area contributed by atoms with E-state index in [1.54, 1.807) is 41.0 Å². The van der Waals surface area contributed by atoms with E-state index in [0.717, 1.165) is 18.2 Å². The SMILES string of the molecule is C=CCCC(C)C[C@@H](C)C(NC(=O)OC(C)(C)C)C(=O)N1C[C@H](Oc2ncc(OC)c3ccccc23)C[C@H]1C(=O)N[C@]1(C(=O)NS(=O)(=O)C2CC2)C[C@H]1C. The van der Waals surface area contributed by atoms with Gasteiger partial charge in [-0.3, -0.25) is 19.1 Å². The molecule has 5 rings (SSSR count). The Morgan fingerprint density at radius 3 is 2.39 bits per heavy atom. The van der Waals surface area contributed by atoms with Gasteiger partial charge in [-0.05, 0) is 83.1 Å². The molecule has 54 heavy (non-hydrogen) atoms. The Bertz CT molecular complexity index is 1860. The summed E-state index contributed by atoms with van der Waals surface area (Å²) in [6.45, 7) is 14.7. The number of benzene rings is 1. The fraction of sp³-hybridized carbons (Fsp3) is 0.615. The van der Waals surface area contributed by atoms with Crippen LogP contribution in [0.5, 0.6) is 11.6 Å². The van der Waals surface area contributed by atoms with Gasteiger partial charge in [0.15, 0.2) is 0 Å². The zero-order valence-corrected chi connectivity index (χ0v) is 33.2. The molecule has 2 aliphatic carbocycles. The number of hydrogen-bond donors (Lipinski definition) is 3. The number of hydrogen-bond acceptors (Lipinski definition) is 10. The van der Waals surface area contributed by atoms with E-state index in [1.807, 2.05) is 37.3 Å². The number of carbonyl (C=O) groups is 4. The average molecular weight is 770 g/mol. The van der Waals surface area contributed by atoms with Crippen molar-refractivity contribution >= 4 is 44.6 Å². The lowest BCUT2D eigenvalue weighted by Crippen LogP contribution is -2.59. The highest BCUT2D eigenvalue weighted by molar-refractivity contribution is 7.91. The van der Waals surface area contributed by atoms with Crippen molar-refractivity contribution in [2.45, 2.75) is 121 Å². The van der Waals surface area contributed by atoms with Crippen molar-refractivity contribution in [1.29, 1.82) is 0 Å². The van der Waals surface area contributed by atoms with Crippen LogP contribution in [0, 0.1) is 17.8 Å². The van der Waals surface area contributed by atoms with E-state index in [1.165, 1.54) is 4.90 Å². The first-order chi connectivity index (χ1) is 25.4. The van der Waals surface area contributed by atoms with Gasteiger partial charge >= 0.3 is 6.09 Å². The quantitative estimate of drug-likeness (QED) is 0.204. The topological polar surface area (TPSA) is 182 Å². The minimum Gasteiger partial charge on any atom is -0.494 e. The van der Waals surface area contributed by atoms with Crippen LogP contribution in [-0.2, 0) is 29.1 Å². The first-order valence-corrected chi connectivity index (χ1v) is 20.3. The fourth-order valence-corrected chi connectivity index (χ4v) is 8.60. The van der Waals surface area contributed by atoms with Crippen molar-refractivity contribution in [3.63, 3.8) is 0 Å². The molecular formula is C39H55N5O9S. The molecule has 15 heteroatoms. The molecule has 14 nitrogen and oxygen atoms in total. The zero-order valence-electron chi connectivity index (χ0n) is 32.3. The number of rotatable bonds is 16. The molecule has 0 radical (unpaired) electrons. The minimum absolute atomic E-state index is 0.0327. The van der Waals surface area contributed by atoms with Crippen molar-refractivity contribution in [3.05, 3.63) is 43.1 Å². The fourth-order valence-electron chi connectivity index (χ4n) is 7.24. The standard InChI is InChI=1S/C39H55N5O9S/c1-9-10-13-23(2)18-24(3)32(41-37(48)53-38(5,6)7)35(46)44-22-26(52-34-29-15-12-11-14-28(29)31(51-8)21-40-34)19-30(44)33(45)42-39(20-25(39)4)36(47)43-54(49,50)27-16-17-27/h9,11-12,14-15,21,23-27,30,32H,1,10,13,16-20,22H2,2-8H3,(H,41,48)(H,42,45)(H,43,47)/t23?,24-,25-,26-,30+,32?,39-/m1/s1. The van der Waals surface area contributed by atoms with Crippen LogP contribution in [0.2, 0.25) is 0 Å². The molecule has 2 aromatic rings. The number of amides is 4. The normalized spacial score (nSPS) is 24.1. The number of likely N-dealkylation sites (tertiary alicyclic amines) is 1. The zero-order chi connectivity index (χ0) is 39.6. The van der Waals surface area contributed by atoms with E-state index >= 15 is 0 Å². The minimum atomic E-state index is -3.87. The number of pyridine rings is 1. The number of aromatic nitrogens is 1. The highest BCUT2D eigenvalue weighted by Crippen LogP contribution is 2.44. The van der Waals surface area contributed by atoms with E-state index in [9.17, 15) is 27.6 Å². The second kappa shape index (κ2) is 16.1. The highest BCUT2D eigenvalue weighted by atomic mass is 32.2. The van der Waals surface area contributed by atoms with E-state index in [0.29, 0.717) is 30.4 Å². The molecule has 3 N–H and O–H groups in total. The van der Waals surface area contributed by atoms with Gasteiger partial charge in [-0.15, -0.1) is 6.58 Å². The van der Waals surface area contributed by atoms with Crippen LogP contribution in [0.25, 0.3) is 10.8 Å². The lowest BCUT2D eigenvalue weighted by Gasteiger charge is -2.33. The van der Waals surface area contributed by atoms with Gasteiger partial charge in [-0.2, -0.15) is 0 Å².